The maximum atomic E-state index is 7.45. The van der Waals surface area contributed by atoms with E-state index in [-0.39, 0.29) is 5.84 Å². The summed E-state index contributed by atoms with van der Waals surface area (Å²) in [6, 6.07) is 5.61. The van der Waals surface area contributed by atoms with Crippen LogP contribution in [0.4, 0.5) is 0 Å². The molecule has 0 aromatic heterocycles. The van der Waals surface area contributed by atoms with Gasteiger partial charge in [0, 0.05) is 36.8 Å². The van der Waals surface area contributed by atoms with E-state index >= 15 is 0 Å². The highest BCUT2D eigenvalue weighted by Gasteiger charge is 2.11. The number of rotatable bonds is 8. The third-order valence-corrected chi connectivity index (χ3v) is 3.60. The highest BCUT2D eigenvalue weighted by molar-refractivity contribution is 6.31. The molecule has 5 heteroatoms. The molecule has 0 bridgehead atoms. The van der Waals surface area contributed by atoms with Crippen LogP contribution in [0.25, 0.3) is 0 Å². The number of nitrogens with two attached hydrogens (primary N) is 1. The zero-order valence-electron chi connectivity index (χ0n) is 13.5. The van der Waals surface area contributed by atoms with Gasteiger partial charge in [-0.2, -0.15) is 0 Å². The van der Waals surface area contributed by atoms with E-state index in [0.29, 0.717) is 16.5 Å². The topological polar surface area (TPSA) is 56.4 Å². The first-order valence-electron chi connectivity index (χ1n) is 7.29. The quantitative estimate of drug-likeness (QED) is 0.573. The molecular weight excluding hydrogens is 284 g/mol. The predicted octanol–water partition coefficient (Wildman–Crippen LogP) is 2.64. The molecule has 0 unspecified atom stereocenters. The minimum absolute atomic E-state index is 0.0510. The minimum atomic E-state index is 0.0510. The summed E-state index contributed by atoms with van der Waals surface area (Å²) in [5.74, 6) is 0.664. The Morgan fingerprint density at radius 1 is 1.29 bits per heavy atom. The summed E-state index contributed by atoms with van der Waals surface area (Å²) >= 11 is 6.33. The van der Waals surface area contributed by atoms with Gasteiger partial charge in [-0.1, -0.05) is 37.6 Å². The van der Waals surface area contributed by atoms with Crippen LogP contribution >= 0.6 is 11.6 Å². The number of hydrogen-bond donors (Lipinski definition) is 2. The van der Waals surface area contributed by atoms with Crippen molar-refractivity contribution in [3.63, 3.8) is 0 Å². The molecule has 4 nitrogen and oxygen atoms in total. The molecule has 1 aromatic carbocycles. The van der Waals surface area contributed by atoms with Crippen molar-refractivity contribution in [2.75, 3.05) is 33.7 Å². The lowest BCUT2D eigenvalue weighted by Gasteiger charge is -2.26. The van der Waals surface area contributed by atoms with E-state index in [4.69, 9.17) is 22.7 Å². The van der Waals surface area contributed by atoms with Crippen molar-refractivity contribution in [1.29, 1.82) is 5.41 Å². The standard InChI is InChI=1S/C16H27ClN4/c1-12(2)10-21(8-7-20(3)4)11-14-6-5-13(16(18)19)9-15(14)17/h5-6,9,12H,7-8,10-11H2,1-4H3,(H3,18,19). The molecule has 1 rings (SSSR count). The third-order valence-electron chi connectivity index (χ3n) is 3.24. The molecule has 0 saturated carbocycles. The van der Waals surface area contributed by atoms with E-state index in [0.717, 1.165) is 31.7 Å². The first-order valence-corrected chi connectivity index (χ1v) is 7.67. The summed E-state index contributed by atoms with van der Waals surface area (Å²) < 4.78 is 0. The van der Waals surface area contributed by atoms with Gasteiger partial charge in [0.15, 0.2) is 0 Å². The Kier molecular flexibility index (Phi) is 7.15. The third kappa shape index (κ3) is 6.46. The van der Waals surface area contributed by atoms with E-state index in [1.54, 1.807) is 6.07 Å². The lowest BCUT2D eigenvalue weighted by atomic mass is 10.1. The molecule has 0 heterocycles. The maximum Gasteiger partial charge on any atom is 0.122 e. The Labute approximate surface area is 133 Å². The smallest absolute Gasteiger partial charge is 0.122 e. The lowest BCUT2D eigenvalue weighted by molar-refractivity contribution is 0.212. The van der Waals surface area contributed by atoms with Crippen LogP contribution in [-0.4, -0.2) is 49.4 Å². The van der Waals surface area contributed by atoms with Crippen LogP contribution in [0, 0.1) is 11.3 Å². The second-order valence-corrected chi connectivity index (χ2v) is 6.56. The van der Waals surface area contributed by atoms with Gasteiger partial charge in [0.2, 0.25) is 0 Å². The highest BCUT2D eigenvalue weighted by Crippen LogP contribution is 2.20. The summed E-state index contributed by atoms with van der Waals surface area (Å²) in [5.41, 5.74) is 7.25. The first kappa shape index (κ1) is 18.0. The molecule has 0 aliphatic heterocycles. The van der Waals surface area contributed by atoms with Crippen LogP contribution in [0.5, 0.6) is 0 Å². The largest absolute Gasteiger partial charge is 0.384 e. The van der Waals surface area contributed by atoms with Crippen molar-refractivity contribution in [3.8, 4) is 0 Å². The van der Waals surface area contributed by atoms with Crippen LogP contribution in [0.3, 0.4) is 0 Å². The number of amidine groups is 1. The number of halogens is 1. The molecule has 0 atom stereocenters. The average molecular weight is 311 g/mol. The van der Waals surface area contributed by atoms with E-state index in [9.17, 15) is 0 Å². The second-order valence-electron chi connectivity index (χ2n) is 6.15. The van der Waals surface area contributed by atoms with Crippen molar-refractivity contribution in [1.82, 2.24) is 9.80 Å². The molecule has 3 N–H and O–H groups in total. The fourth-order valence-electron chi connectivity index (χ4n) is 2.18. The van der Waals surface area contributed by atoms with Crippen LogP contribution in [0.15, 0.2) is 18.2 Å². The van der Waals surface area contributed by atoms with Crippen molar-refractivity contribution in [2.24, 2.45) is 11.7 Å². The second kappa shape index (κ2) is 8.37. The van der Waals surface area contributed by atoms with Crippen molar-refractivity contribution in [2.45, 2.75) is 20.4 Å². The van der Waals surface area contributed by atoms with Crippen LogP contribution in [-0.2, 0) is 6.54 Å². The summed E-state index contributed by atoms with van der Waals surface area (Å²) in [5, 5.41) is 8.13. The number of nitrogen functional groups attached to an aromatic ring is 1. The highest BCUT2D eigenvalue weighted by atomic mass is 35.5. The normalized spacial score (nSPS) is 11.6. The number of nitrogens with zero attached hydrogens (tertiary/aromatic N) is 2. The van der Waals surface area contributed by atoms with Gasteiger partial charge in [0.05, 0.1) is 0 Å². The number of benzene rings is 1. The molecule has 0 aliphatic carbocycles. The van der Waals surface area contributed by atoms with E-state index < -0.39 is 0 Å². The fourth-order valence-corrected chi connectivity index (χ4v) is 2.42. The van der Waals surface area contributed by atoms with Gasteiger partial charge in [-0.25, -0.2) is 0 Å². The predicted molar refractivity (Wildman–Crippen MR) is 91.1 cm³/mol. The molecule has 0 fully saturated rings. The Morgan fingerprint density at radius 3 is 2.43 bits per heavy atom. The molecule has 0 spiro atoms. The van der Waals surface area contributed by atoms with Gasteiger partial charge in [-0.3, -0.25) is 10.3 Å². The SMILES string of the molecule is CC(C)CN(CCN(C)C)Cc1ccc(C(=N)N)cc1Cl. The monoisotopic (exact) mass is 310 g/mol. The van der Waals surface area contributed by atoms with Gasteiger partial charge >= 0.3 is 0 Å². The molecule has 0 aliphatic rings. The molecule has 0 radical (unpaired) electrons. The number of hydrogen-bond acceptors (Lipinski definition) is 3. The molecule has 21 heavy (non-hydrogen) atoms. The zero-order valence-corrected chi connectivity index (χ0v) is 14.2. The van der Waals surface area contributed by atoms with E-state index in [1.807, 2.05) is 12.1 Å². The van der Waals surface area contributed by atoms with Gasteiger partial charge in [-0.05, 0) is 31.6 Å². The lowest BCUT2D eigenvalue weighted by Crippen LogP contribution is -2.34. The Hall–Kier alpha value is -1.10. The van der Waals surface area contributed by atoms with E-state index in [2.05, 4.69) is 37.7 Å². The summed E-state index contributed by atoms with van der Waals surface area (Å²) in [4.78, 5) is 4.60. The van der Waals surface area contributed by atoms with Crippen LogP contribution < -0.4 is 5.73 Å². The average Bonchev–Trinajstić information content (AvgIpc) is 2.37. The van der Waals surface area contributed by atoms with Gasteiger partial charge < -0.3 is 10.6 Å². The van der Waals surface area contributed by atoms with Gasteiger partial charge in [0.1, 0.15) is 5.84 Å². The minimum Gasteiger partial charge on any atom is -0.384 e. The zero-order chi connectivity index (χ0) is 16.0. The molecule has 0 saturated heterocycles. The molecule has 1 aromatic rings. The molecule has 0 amide bonds. The van der Waals surface area contributed by atoms with E-state index in [1.165, 1.54) is 0 Å². The van der Waals surface area contributed by atoms with Gasteiger partial charge in [-0.15, -0.1) is 0 Å². The maximum absolute atomic E-state index is 7.45. The Bertz CT molecular complexity index is 471. The van der Waals surface area contributed by atoms with Crippen molar-refractivity contribution >= 4 is 17.4 Å². The van der Waals surface area contributed by atoms with Gasteiger partial charge in [0.25, 0.3) is 0 Å². The molecular formula is C16H27ClN4. The number of nitrogens with one attached hydrogen (secondary N) is 1. The Balaban J connectivity index is 2.79. The summed E-state index contributed by atoms with van der Waals surface area (Å²) in [6.07, 6.45) is 0. The van der Waals surface area contributed by atoms with Crippen molar-refractivity contribution in [3.05, 3.63) is 34.3 Å². The molecule has 118 valence electrons. The van der Waals surface area contributed by atoms with Crippen molar-refractivity contribution < 1.29 is 0 Å². The Morgan fingerprint density at radius 2 is 1.95 bits per heavy atom. The summed E-state index contributed by atoms with van der Waals surface area (Å²) in [6.45, 7) is 8.35. The summed E-state index contributed by atoms with van der Waals surface area (Å²) in [7, 11) is 4.17. The number of likely N-dealkylation sites (N-methyl/N-ethyl adjacent to an activating group) is 1. The van der Waals surface area contributed by atoms with Crippen LogP contribution in [0.2, 0.25) is 5.02 Å². The van der Waals surface area contributed by atoms with Crippen LogP contribution in [0.1, 0.15) is 25.0 Å². The first-order chi connectivity index (χ1) is 9.79. The fraction of sp³-hybridized carbons (Fsp3) is 0.562.